The molecule has 0 radical (unpaired) electrons. The molecular formula is C20H23BrFN3O6S. The highest BCUT2D eigenvalue weighted by Gasteiger charge is 2.45. The van der Waals surface area contributed by atoms with Gasteiger partial charge in [-0.25, -0.2) is 27.6 Å². The minimum absolute atomic E-state index is 0.0331. The Morgan fingerprint density at radius 1 is 1.22 bits per heavy atom. The highest BCUT2D eigenvalue weighted by atomic mass is 79.9. The Morgan fingerprint density at radius 3 is 2.47 bits per heavy atom. The van der Waals surface area contributed by atoms with E-state index >= 15 is 0 Å². The number of sulfone groups is 1. The van der Waals surface area contributed by atoms with E-state index in [1.807, 2.05) is 0 Å². The maximum atomic E-state index is 14.4. The lowest BCUT2D eigenvalue weighted by Gasteiger charge is -2.35. The summed E-state index contributed by atoms with van der Waals surface area (Å²) in [6.07, 6.45) is 2.55. The molecule has 9 nitrogen and oxygen atoms in total. The van der Waals surface area contributed by atoms with Gasteiger partial charge in [0.2, 0.25) is 17.4 Å². The molecule has 1 fully saturated rings. The largest absolute Gasteiger partial charge is 0.460 e. The zero-order valence-electron chi connectivity index (χ0n) is 17.7. The number of benzene rings is 1. The molecule has 32 heavy (non-hydrogen) atoms. The van der Waals surface area contributed by atoms with E-state index in [0.717, 1.165) is 18.6 Å². The van der Waals surface area contributed by atoms with Gasteiger partial charge in [-0.15, -0.1) is 0 Å². The summed E-state index contributed by atoms with van der Waals surface area (Å²) in [6, 6.07) is 3.28. The average Bonchev–Trinajstić information content (AvgIpc) is 2.71. The van der Waals surface area contributed by atoms with Crippen LogP contribution in [0, 0.1) is 5.82 Å². The fourth-order valence-electron chi connectivity index (χ4n) is 3.06. The van der Waals surface area contributed by atoms with Crippen molar-refractivity contribution >= 4 is 31.7 Å². The van der Waals surface area contributed by atoms with Crippen molar-refractivity contribution in [2.75, 3.05) is 19.3 Å². The Labute approximate surface area is 193 Å². The molecule has 0 amide bonds. The van der Waals surface area contributed by atoms with Crippen LogP contribution in [0.3, 0.4) is 0 Å². The molecule has 2 aromatic rings. The molecular weight excluding hydrogens is 509 g/mol. The van der Waals surface area contributed by atoms with Crippen LogP contribution in [0.25, 0.3) is 0 Å². The normalized spacial score (nSPS) is 15.9. The third-order valence-electron chi connectivity index (χ3n) is 4.68. The van der Waals surface area contributed by atoms with Crippen molar-refractivity contribution in [3.8, 4) is 17.5 Å². The monoisotopic (exact) mass is 531 g/mol. The Balaban J connectivity index is 1.89. The van der Waals surface area contributed by atoms with Crippen LogP contribution in [0.2, 0.25) is 0 Å². The number of aromatic nitrogens is 2. The molecule has 0 unspecified atom stereocenters. The Kier molecular flexibility index (Phi) is 7.36. The van der Waals surface area contributed by atoms with Crippen LogP contribution in [0.1, 0.15) is 26.7 Å². The summed E-state index contributed by atoms with van der Waals surface area (Å²) in [7, 11) is -3.57. The molecule has 0 bridgehead atoms. The summed E-state index contributed by atoms with van der Waals surface area (Å²) in [5.41, 5.74) is -1.24. The molecule has 1 saturated heterocycles. The van der Waals surface area contributed by atoms with Crippen molar-refractivity contribution in [3.05, 3.63) is 34.8 Å². The van der Waals surface area contributed by atoms with Crippen molar-refractivity contribution in [1.29, 1.82) is 0 Å². The van der Waals surface area contributed by atoms with Gasteiger partial charge in [-0.05, 0) is 61.1 Å². The summed E-state index contributed by atoms with van der Waals surface area (Å²) in [5, 5.41) is 3.17. The van der Waals surface area contributed by atoms with Crippen LogP contribution < -0.4 is 14.8 Å². The van der Waals surface area contributed by atoms with E-state index in [0.29, 0.717) is 25.9 Å². The predicted molar refractivity (Wildman–Crippen MR) is 116 cm³/mol. The molecule has 1 aliphatic rings. The average molecular weight is 532 g/mol. The molecule has 2 heterocycles. The number of esters is 1. The van der Waals surface area contributed by atoms with Crippen molar-refractivity contribution in [3.63, 3.8) is 0 Å². The second-order valence-corrected chi connectivity index (χ2v) is 10.4. The number of halogens is 2. The minimum atomic E-state index is -3.57. The number of nitrogens with one attached hydrogen (secondary N) is 1. The van der Waals surface area contributed by atoms with E-state index < -0.39 is 27.2 Å². The van der Waals surface area contributed by atoms with Crippen molar-refractivity contribution in [2.45, 2.75) is 43.3 Å². The molecule has 0 saturated carbocycles. The first-order valence-electron chi connectivity index (χ1n) is 9.80. The van der Waals surface area contributed by atoms with E-state index in [4.69, 9.17) is 14.2 Å². The molecule has 1 N–H and O–H groups in total. The molecule has 1 aliphatic heterocycles. The van der Waals surface area contributed by atoms with Gasteiger partial charge in [-0.3, -0.25) is 0 Å². The Morgan fingerprint density at radius 2 is 1.88 bits per heavy atom. The van der Waals surface area contributed by atoms with Crippen LogP contribution in [0.15, 0.2) is 33.9 Å². The molecule has 12 heteroatoms. The molecule has 1 aromatic carbocycles. The lowest BCUT2D eigenvalue weighted by atomic mass is 9.92. The van der Waals surface area contributed by atoms with Gasteiger partial charge in [0.25, 0.3) is 0 Å². The summed E-state index contributed by atoms with van der Waals surface area (Å²) in [4.78, 5) is 20.7. The molecule has 1 aromatic heterocycles. The summed E-state index contributed by atoms with van der Waals surface area (Å²) < 4.78 is 54.7. The van der Waals surface area contributed by atoms with Crippen molar-refractivity contribution < 1.29 is 31.8 Å². The zero-order valence-corrected chi connectivity index (χ0v) is 20.1. The lowest BCUT2D eigenvalue weighted by molar-refractivity contribution is -0.169. The van der Waals surface area contributed by atoms with Gasteiger partial charge in [-0.1, -0.05) is 0 Å². The summed E-state index contributed by atoms with van der Waals surface area (Å²) >= 11 is 3.30. The second kappa shape index (κ2) is 9.67. The van der Waals surface area contributed by atoms with Crippen LogP contribution in [-0.2, 0) is 19.4 Å². The van der Waals surface area contributed by atoms with Gasteiger partial charge in [0.1, 0.15) is 10.8 Å². The first kappa shape index (κ1) is 24.3. The lowest BCUT2D eigenvalue weighted by Crippen LogP contribution is -2.53. The standard InChI is InChI=1S/C20H23BrFN3O6S/c1-12(2)29-19(26)20(6-8-23-9-7-20)31-18-16(21)17(24-11-25-18)30-15-5-4-13(10-14(15)22)32(3,27)28/h4-5,10-12,23H,6-9H2,1-3H3. The highest BCUT2D eigenvalue weighted by molar-refractivity contribution is 9.10. The van der Waals surface area contributed by atoms with E-state index in [1.165, 1.54) is 12.1 Å². The maximum absolute atomic E-state index is 14.4. The Bertz CT molecular complexity index is 1110. The van der Waals surface area contributed by atoms with Gasteiger partial charge < -0.3 is 19.5 Å². The van der Waals surface area contributed by atoms with Crippen molar-refractivity contribution in [1.82, 2.24) is 15.3 Å². The topological polar surface area (TPSA) is 117 Å². The fraction of sp³-hybridized carbons (Fsp3) is 0.450. The van der Waals surface area contributed by atoms with E-state index in [1.54, 1.807) is 13.8 Å². The molecule has 0 aliphatic carbocycles. The number of rotatable bonds is 7. The SMILES string of the molecule is CC(C)OC(=O)C1(Oc2ncnc(Oc3ccc(S(C)(=O)=O)cc3F)c2Br)CCNCC1. The van der Waals surface area contributed by atoms with Crippen LogP contribution in [-0.4, -0.2) is 55.4 Å². The summed E-state index contributed by atoms with van der Waals surface area (Å²) in [6.45, 7) is 4.61. The fourth-order valence-corrected chi connectivity index (χ4v) is 4.06. The highest BCUT2D eigenvalue weighted by Crippen LogP contribution is 2.38. The quantitative estimate of drug-likeness (QED) is 0.537. The smallest absolute Gasteiger partial charge is 0.350 e. The van der Waals surface area contributed by atoms with Gasteiger partial charge in [0, 0.05) is 19.1 Å². The molecule has 174 valence electrons. The van der Waals surface area contributed by atoms with Crippen LogP contribution in [0.5, 0.6) is 17.5 Å². The summed E-state index contributed by atoms with van der Waals surface area (Å²) in [5.74, 6) is -1.65. The maximum Gasteiger partial charge on any atom is 0.350 e. The number of carbonyl (C=O) groups is 1. The number of ether oxygens (including phenoxy) is 3. The number of piperidine rings is 1. The van der Waals surface area contributed by atoms with E-state index in [-0.39, 0.29) is 33.0 Å². The minimum Gasteiger partial charge on any atom is -0.460 e. The zero-order chi connectivity index (χ0) is 23.5. The van der Waals surface area contributed by atoms with Gasteiger partial charge in [-0.2, -0.15) is 0 Å². The molecule has 0 atom stereocenters. The van der Waals surface area contributed by atoms with E-state index in [9.17, 15) is 17.6 Å². The van der Waals surface area contributed by atoms with Gasteiger partial charge in [0.05, 0.1) is 11.0 Å². The molecule has 0 spiro atoms. The number of hydrogen-bond donors (Lipinski definition) is 1. The van der Waals surface area contributed by atoms with Gasteiger partial charge >= 0.3 is 5.97 Å². The molecule has 3 rings (SSSR count). The number of carbonyl (C=O) groups excluding carboxylic acids is 1. The number of hydrogen-bond acceptors (Lipinski definition) is 9. The first-order valence-corrected chi connectivity index (χ1v) is 12.5. The van der Waals surface area contributed by atoms with Crippen molar-refractivity contribution in [2.24, 2.45) is 0 Å². The van der Waals surface area contributed by atoms with Gasteiger partial charge in [0.15, 0.2) is 21.4 Å². The Hall–Kier alpha value is -2.31. The van der Waals surface area contributed by atoms with E-state index in [2.05, 4.69) is 31.2 Å². The third kappa shape index (κ3) is 5.54. The van der Waals surface area contributed by atoms with Crippen LogP contribution in [0.4, 0.5) is 4.39 Å². The number of nitrogens with zero attached hydrogens (tertiary/aromatic N) is 2. The predicted octanol–water partition coefficient (Wildman–Crippen LogP) is 3.03. The first-order chi connectivity index (χ1) is 15.0. The second-order valence-electron chi connectivity index (χ2n) is 7.56. The van der Waals surface area contributed by atoms with Crippen LogP contribution >= 0.6 is 15.9 Å². The third-order valence-corrected chi connectivity index (χ3v) is 6.47.